The summed E-state index contributed by atoms with van der Waals surface area (Å²) >= 11 is 1.48. The van der Waals surface area contributed by atoms with E-state index in [4.69, 9.17) is 0 Å². The van der Waals surface area contributed by atoms with Gasteiger partial charge in [0.2, 0.25) is 0 Å². The highest BCUT2D eigenvalue weighted by Gasteiger charge is 2.39. The average molecular weight is 332 g/mol. The summed E-state index contributed by atoms with van der Waals surface area (Å²) in [6.07, 6.45) is 4.62. The van der Waals surface area contributed by atoms with Crippen molar-refractivity contribution in [3.63, 3.8) is 0 Å². The first-order chi connectivity index (χ1) is 11.2. The summed E-state index contributed by atoms with van der Waals surface area (Å²) in [6, 6.07) is 6.20. The molecule has 4 rings (SSSR count). The number of anilines is 1. The molecule has 0 radical (unpaired) electrons. The molecule has 0 bridgehead atoms. The topological polar surface area (TPSA) is 53.6 Å². The van der Waals surface area contributed by atoms with Crippen molar-refractivity contribution < 1.29 is 8.78 Å². The van der Waals surface area contributed by atoms with Crippen LogP contribution in [0.5, 0.6) is 0 Å². The lowest BCUT2D eigenvalue weighted by molar-refractivity contribution is 0.507. The standard InChI is InChI=1S/C16H14F2N4S/c1-23-16-21-14-9(4-5-19-14)15(22-16)20-13-7-10(13)8-2-3-11(17)12(18)6-8/h2-6,10,13H,7H2,1H3,(H2,19,20,21,22)/t10-,13-/m0/s1. The van der Waals surface area contributed by atoms with Gasteiger partial charge in [-0.05, 0) is 36.4 Å². The molecule has 1 aromatic carbocycles. The van der Waals surface area contributed by atoms with Crippen LogP contribution in [-0.2, 0) is 0 Å². The number of nitrogens with zero attached hydrogens (tertiary/aromatic N) is 2. The van der Waals surface area contributed by atoms with E-state index in [1.54, 1.807) is 6.07 Å². The number of rotatable bonds is 4. The highest BCUT2D eigenvalue weighted by Crippen LogP contribution is 2.43. The molecule has 2 aromatic heterocycles. The van der Waals surface area contributed by atoms with Gasteiger partial charge in [0.25, 0.3) is 0 Å². The van der Waals surface area contributed by atoms with Gasteiger partial charge in [0.05, 0.1) is 5.39 Å². The molecule has 0 saturated heterocycles. The first-order valence-electron chi connectivity index (χ1n) is 7.26. The summed E-state index contributed by atoms with van der Waals surface area (Å²) in [6.45, 7) is 0. The van der Waals surface area contributed by atoms with Gasteiger partial charge in [0.15, 0.2) is 16.8 Å². The van der Waals surface area contributed by atoms with Crippen molar-refractivity contribution in [2.24, 2.45) is 0 Å². The molecule has 2 atom stereocenters. The fourth-order valence-corrected chi connectivity index (χ4v) is 3.13. The van der Waals surface area contributed by atoms with Crippen LogP contribution in [0, 0.1) is 11.6 Å². The lowest BCUT2D eigenvalue weighted by Crippen LogP contribution is -2.07. The van der Waals surface area contributed by atoms with Gasteiger partial charge in [0, 0.05) is 18.2 Å². The number of aromatic nitrogens is 3. The summed E-state index contributed by atoms with van der Waals surface area (Å²) < 4.78 is 26.4. The van der Waals surface area contributed by atoms with Gasteiger partial charge in [-0.2, -0.15) is 0 Å². The molecule has 1 aliphatic carbocycles. The SMILES string of the molecule is CSc1nc(N[C@H]2C[C@H]2c2ccc(F)c(F)c2)c2cc[nH]c2n1. The van der Waals surface area contributed by atoms with Gasteiger partial charge < -0.3 is 10.3 Å². The summed E-state index contributed by atoms with van der Waals surface area (Å²) in [7, 11) is 0. The van der Waals surface area contributed by atoms with E-state index in [0.717, 1.165) is 28.8 Å². The number of thioether (sulfide) groups is 1. The Morgan fingerprint density at radius 3 is 2.87 bits per heavy atom. The second-order valence-electron chi connectivity index (χ2n) is 5.57. The second kappa shape index (κ2) is 5.49. The zero-order chi connectivity index (χ0) is 16.0. The van der Waals surface area contributed by atoms with Crippen molar-refractivity contribution in [1.82, 2.24) is 15.0 Å². The van der Waals surface area contributed by atoms with Crippen molar-refractivity contribution in [3.05, 3.63) is 47.7 Å². The van der Waals surface area contributed by atoms with Crippen LogP contribution in [0.3, 0.4) is 0 Å². The summed E-state index contributed by atoms with van der Waals surface area (Å²) in [5, 5.41) is 5.02. The van der Waals surface area contributed by atoms with Crippen LogP contribution in [0.15, 0.2) is 35.6 Å². The van der Waals surface area contributed by atoms with Crippen LogP contribution in [-0.4, -0.2) is 27.2 Å². The molecule has 23 heavy (non-hydrogen) atoms. The molecule has 7 heteroatoms. The first-order valence-corrected chi connectivity index (χ1v) is 8.49. The van der Waals surface area contributed by atoms with Crippen molar-refractivity contribution in [2.75, 3.05) is 11.6 Å². The predicted octanol–water partition coefficient (Wildman–Crippen LogP) is 3.93. The van der Waals surface area contributed by atoms with E-state index >= 15 is 0 Å². The maximum atomic E-state index is 13.4. The highest BCUT2D eigenvalue weighted by molar-refractivity contribution is 7.98. The van der Waals surface area contributed by atoms with E-state index in [-0.39, 0.29) is 12.0 Å². The van der Waals surface area contributed by atoms with Crippen LogP contribution in [0.2, 0.25) is 0 Å². The second-order valence-corrected chi connectivity index (χ2v) is 6.34. The van der Waals surface area contributed by atoms with Crippen LogP contribution in [0.25, 0.3) is 11.0 Å². The average Bonchev–Trinajstić information content (AvgIpc) is 3.14. The minimum Gasteiger partial charge on any atom is -0.366 e. The van der Waals surface area contributed by atoms with Crippen LogP contribution >= 0.6 is 11.8 Å². The molecule has 4 nitrogen and oxygen atoms in total. The lowest BCUT2D eigenvalue weighted by Gasteiger charge is -2.08. The zero-order valence-corrected chi connectivity index (χ0v) is 13.1. The molecule has 2 heterocycles. The zero-order valence-electron chi connectivity index (χ0n) is 12.3. The number of fused-ring (bicyclic) bond motifs is 1. The number of hydrogen-bond acceptors (Lipinski definition) is 4. The Balaban J connectivity index is 1.58. The maximum absolute atomic E-state index is 13.4. The third kappa shape index (κ3) is 2.65. The molecule has 0 unspecified atom stereocenters. The largest absolute Gasteiger partial charge is 0.366 e. The number of benzene rings is 1. The Hall–Kier alpha value is -2.15. The Kier molecular flexibility index (Phi) is 3.45. The van der Waals surface area contributed by atoms with Crippen molar-refractivity contribution in [3.8, 4) is 0 Å². The molecular formula is C16H14F2N4S. The maximum Gasteiger partial charge on any atom is 0.191 e. The van der Waals surface area contributed by atoms with Gasteiger partial charge >= 0.3 is 0 Å². The number of hydrogen-bond donors (Lipinski definition) is 2. The predicted molar refractivity (Wildman–Crippen MR) is 86.8 cm³/mol. The Labute approximate surface area is 135 Å². The minimum atomic E-state index is -0.812. The molecule has 1 fully saturated rings. The van der Waals surface area contributed by atoms with Crippen molar-refractivity contribution >= 4 is 28.6 Å². The molecule has 0 spiro atoms. The number of H-pyrrole nitrogens is 1. The van der Waals surface area contributed by atoms with Crippen LogP contribution < -0.4 is 5.32 Å². The molecule has 0 aliphatic heterocycles. The van der Waals surface area contributed by atoms with E-state index in [2.05, 4.69) is 20.3 Å². The third-order valence-corrected chi connectivity index (χ3v) is 4.61. The van der Waals surface area contributed by atoms with Crippen molar-refractivity contribution in [1.29, 1.82) is 0 Å². The molecule has 0 amide bonds. The summed E-state index contributed by atoms with van der Waals surface area (Å²) in [4.78, 5) is 12.0. The smallest absolute Gasteiger partial charge is 0.191 e. The number of aromatic amines is 1. The van der Waals surface area contributed by atoms with E-state index in [0.29, 0.717) is 5.16 Å². The monoisotopic (exact) mass is 332 g/mol. The summed E-state index contributed by atoms with van der Waals surface area (Å²) in [5.74, 6) is -0.663. The molecule has 1 aliphatic rings. The van der Waals surface area contributed by atoms with Gasteiger partial charge in [-0.1, -0.05) is 17.8 Å². The molecule has 2 N–H and O–H groups in total. The fourth-order valence-electron chi connectivity index (χ4n) is 2.76. The van der Waals surface area contributed by atoms with E-state index < -0.39 is 11.6 Å². The van der Waals surface area contributed by atoms with Gasteiger partial charge in [0.1, 0.15) is 11.5 Å². The first kappa shape index (κ1) is 14.4. The molecular weight excluding hydrogens is 318 g/mol. The van der Waals surface area contributed by atoms with Crippen LogP contribution in [0.4, 0.5) is 14.6 Å². The fraction of sp³-hybridized carbons (Fsp3) is 0.250. The van der Waals surface area contributed by atoms with E-state index in [9.17, 15) is 8.78 Å². The third-order valence-electron chi connectivity index (χ3n) is 4.06. The Bertz CT molecular complexity index is 880. The molecule has 3 aromatic rings. The normalized spacial score (nSPS) is 20.0. The quantitative estimate of drug-likeness (QED) is 0.561. The van der Waals surface area contributed by atoms with Crippen molar-refractivity contribution in [2.45, 2.75) is 23.5 Å². The van der Waals surface area contributed by atoms with E-state index in [1.165, 1.54) is 23.9 Å². The van der Waals surface area contributed by atoms with Crippen LogP contribution in [0.1, 0.15) is 17.9 Å². The summed E-state index contributed by atoms with van der Waals surface area (Å²) in [5.41, 5.74) is 1.60. The molecule has 118 valence electrons. The number of nitrogens with one attached hydrogen (secondary N) is 2. The van der Waals surface area contributed by atoms with Gasteiger partial charge in [-0.3, -0.25) is 0 Å². The Morgan fingerprint density at radius 1 is 1.22 bits per heavy atom. The van der Waals surface area contributed by atoms with Gasteiger partial charge in [-0.15, -0.1) is 0 Å². The molecule has 1 saturated carbocycles. The van der Waals surface area contributed by atoms with E-state index in [1.807, 2.05) is 18.5 Å². The number of halogens is 2. The minimum absolute atomic E-state index is 0.169. The highest BCUT2D eigenvalue weighted by atomic mass is 32.2. The lowest BCUT2D eigenvalue weighted by atomic mass is 10.1. The Morgan fingerprint density at radius 2 is 2.09 bits per heavy atom. The van der Waals surface area contributed by atoms with Gasteiger partial charge in [-0.25, -0.2) is 18.7 Å².